The molecule has 1 amide bonds. The monoisotopic (exact) mass is 385 g/mol. The summed E-state index contributed by atoms with van der Waals surface area (Å²) in [6.07, 6.45) is 2.89. The first-order valence-electron chi connectivity index (χ1n) is 8.97. The van der Waals surface area contributed by atoms with Crippen LogP contribution < -0.4 is 0 Å². The molecule has 8 nitrogen and oxygen atoms in total. The highest BCUT2D eigenvalue weighted by Crippen LogP contribution is 2.17. The Morgan fingerprint density at radius 2 is 1.77 bits per heavy atom. The molecule has 0 spiro atoms. The van der Waals surface area contributed by atoms with Gasteiger partial charge in [-0.1, -0.05) is 13.8 Å². The van der Waals surface area contributed by atoms with E-state index >= 15 is 0 Å². The second kappa shape index (κ2) is 8.49. The Labute approximate surface area is 156 Å². The summed E-state index contributed by atoms with van der Waals surface area (Å²) in [7, 11) is 0.197. The topological polar surface area (TPSA) is 78.8 Å². The molecule has 0 atom stereocenters. The van der Waals surface area contributed by atoms with Crippen LogP contribution in [0.1, 0.15) is 19.5 Å². The summed E-state index contributed by atoms with van der Waals surface area (Å²) in [5, 5.41) is 0.149. The van der Waals surface area contributed by atoms with Crippen LogP contribution in [0.15, 0.2) is 11.4 Å². The molecule has 1 aromatic rings. The van der Waals surface area contributed by atoms with Gasteiger partial charge in [0.2, 0.25) is 20.9 Å². The number of hydrogen-bond donors (Lipinski definition) is 0. The first-order chi connectivity index (χ1) is 12.1. The fourth-order valence-corrected chi connectivity index (χ4v) is 3.88. The molecule has 0 unspecified atom stereocenters. The van der Waals surface area contributed by atoms with Crippen molar-refractivity contribution < 1.29 is 13.2 Å². The van der Waals surface area contributed by atoms with Gasteiger partial charge in [-0.05, 0) is 5.92 Å². The predicted molar refractivity (Wildman–Crippen MR) is 101 cm³/mol. The van der Waals surface area contributed by atoms with Gasteiger partial charge in [0, 0.05) is 59.6 Å². The third-order valence-corrected chi connectivity index (χ3v) is 5.48. The maximum Gasteiger partial charge on any atom is 0.236 e. The molecule has 0 aromatic carbocycles. The summed E-state index contributed by atoms with van der Waals surface area (Å²) in [5.74, 6) is 0.448. The molecule has 2 rings (SSSR count). The van der Waals surface area contributed by atoms with E-state index in [4.69, 9.17) is 0 Å². The molecular weight excluding hydrogens is 354 g/mol. The molecule has 1 aromatic heterocycles. The lowest BCUT2D eigenvalue weighted by Gasteiger charge is -2.34. The fraction of sp³-hybridized carbons (Fsp3) is 0.765. The van der Waals surface area contributed by atoms with Crippen molar-refractivity contribution in [3.05, 3.63) is 11.9 Å². The van der Waals surface area contributed by atoms with Crippen molar-refractivity contribution >= 4 is 15.7 Å². The predicted octanol–water partition coefficient (Wildman–Crippen LogP) is 0.148. The quantitative estimate of drug-likeness (QED) is 0.665. The molecule has 0 bridgehead atoms. The molecule has 1 aliphatic rings. The number of hydrogen-bond acceptors (Lipinski definition) is 6. The Morgan fingerprint density at radius 1 is 1.19 bits per heavy atom. The zero-order valence-corrected chi connectivity index (χ0v) is 17.3. The molecule has 2 heterocycles. The van der Waals surface area contributed by atoms with Gasteiger partial charge in [0.25, 0.3) is 0 Å². The number of nitrogens with zero attached hydrogens (tertiary/aromatic N) is 5. The summed E-state index contributed by atoms with van der Waals surface area (Å²) in [5.41, 5.74) is 0.928. The number of carbonyl (C=O) groups is 1. The average Bonchev–Trinajstić information content (AvgIpc) is 2.91. The lowest BCUT2D eigenvalue weighted by Crippen LogP contribution is -2.49. The minimum Gasteiger partial charge on any atom is -0.348 e. The number of piperazine rings is 1. The summed E-state index contributed by atoms with van der Waals surface area (Å²) < 4.78 is 25.8. The highest BCUT2D eigenvalue weighted by Gasteiger charge is 2.23. The van der Waals surface area contributed by atoms with E-state index in [-0.39, 0.29) is 11.1 Å². The first-order valence-corrected chi connectivity index (χ1v) is 10.9. The smallest absolute Gasteiger partial charge is 0.236 e. The Bertz CT molecular complexity index is 719. The van der Waals surface area contributed by atoms with Crippen molar-refractivity contribution in [1.82, 2.24) is 24.3 Å². The van der Waals surface area contributed by atoms with E-state index in [1.54, 1.807) is 25.2 Å². The van der Waals surface area contributed by atoms with Crippen LogP contribution in [0, 0.1) is 5.92 Å². The first kappa shape index (κ1) is 20.9. The molecule has 0 aliphatic carbocycles. The summed E-state index contributed by atoms with van der Waals surface area (Å²) in [4.78, 5) is 22.1. The number of sulfone groups is 1. The standard InChI is InChI=1S/C17H31N5O3S/c1-14(2)11-22-15(10-18-17(22)26(5,24)25)12-20-6-8-21(9-7-20)13-16(23)19(3)4/h10,14H,6-9,11-13H2,1-5H3. The molecule has 0 N–H and O–H groups in total. The van der Waals surface area contributed by atoms with E-state index < -0.39 is 9.84 Å². The van der Waals surface area contributed by atoms with Crippen LogP contribution in [0.4, 0.5) is 0 Å². The molecule has 0 radical (unpaired) electrons. The van der Waals surface area contributed by atoms with Gasteiger partial charge in [0.15, 0.2) is 0 Å². The maximum atomic E-state index is 12.0. The molecule has 1 saturated heterocycles. The van der Waals surface area contributed by atoms with Gasteiger partial charge >= 0.3 is 0 Å². The van der Waals surface area contributed by atoms with E-state index in [2.05, 4.69) is 28.6 Å². The van der Waals surface area contributed by atoms with Crippen molar-refractivity contribution in [1.29, 1.82) is 0 Å². The number of carbonyl (C=O) groups excluding carboxylic acids is 1. The third kappa shape index (κ3) is 5.52. The number of likely N-dealkylation sites (N-methyl/N-ethyl adjacent to an activating group) is 1. The Balaban J connectivity index is 2.02. The van der Waals surface area contributed by atoms with Gasteiger partial charge in [0.05, 0.1) is 18.4 Å². The van der Waals surface area contributed by atoms with Gasteiger partial charge in [0.1, 0.15) is 0 Å². The van der Waals surface area contributed by atoms with Crippen LogP contribution in [-0.4, -0.2) is 91.7 Å². The van der Waals surface area contributed by atoms with E-state index in [0.29, 0.717) is 25.6 Å². The van der Waals surface area contributed by atoms with Crippen molar-refractivity contribution in [2.45, 2.75) is 32.1 Å². The zero-order chi connectivity index (χ0) is 19.5. The van der Waals surface area contributed by atoms with Crippen LogP contribution in [0.25, 0.3) is 0 Å². The largest absolute Gasteiger partial charge is 0.348 e. The van der Waals surface area contributed by atoms with Gasteiger partial charge < -0.3 is 9.47 Å². The van der Waals surface area contributed by atoms with Crippen LogP contribution >= 0.6 is 0 Å². The Hall–Kier alpha value is -1.45. The van der Waals surface area contributed by atoms with Gasteiger partial charge in [-0.25, -0.2) is 13.4 Å². The van der Waals surface area contributed by atoms with Gasteiger partial charge in [-0.15, -0.1) is 0 Å². The SMILES string of the molecule is CC(C)Cn1c(CN2CCN(CC(=O)N(C)C)CC2)cnc1S(C)(=O)=O. The summed E-state index contributed by atoms with van der Waals surface area (Å²) in [6, 6.07) is 0. The second-order valence-electron chi connectivity index (χ2n) is 7.65. The van der Waals surface area contributed by atoms with E-state index in [1.165, 1.54) is 6.26 Å². The molecular formula is C17H31N5O3S. The van der Waals surface area contributed by atoms with Crippen LogP contribution in [0.3, 0.4) is 0 Å². The Morgan fingerprint density at radius 3 is 2.27 bits per heavy atom. The Kier molecular flexibility index (Phi) is 6.81. The maximum absolute atomic E-state index is 12.0. The number of aromatic nitrogens is 2. The van der Waals surface area contributed by atoms with Gasteiger partial charge in [-0.2, -0.15) is 0 Å². The van der Waals surface area contributed by atoms with Crippen molar-refractivity contribution in [2.75, 3.05) is 53.1 Å². The highest BCUT2D eigenvalue weighted by atomic mass is 32.2. The molecule has 26 heavy (non-hydrogen) atoms. The normalized spacial score (nSPS) is 17.0. The van der Waals surface area contributed by atoms with E-state index in [0.717, 1.165) is 31.9 Å². The highest BCUT2D eigenvalue weighted by molar-refractivity contribution is 7.90. The zero-order valence-electron chi connectivity index (χ0n) is 16.5. The minimum absolute atomic E-state index is 0.117. The lowest BCUT2D eigenvalue weighted by atomic mass is 10.2. The molecule has 9 heteroatoms. The van der Waals surface area contributed by atoms with E-state index in [9.17, 15) is 13.2 Å². The van der Waals surface area contributed by atoms with Crippen molar-refractivity contribution in [2.24, 2.45) is 5.92 Å². The van der Waals surface area contributed by atoms with Crippen LogP contribution in [0.5, 0.6) is 0 Å². The van der Waals surface area contributed by atoms with Crippen molar-refractivity contribution in [3.8, 4) is 0 Å². The summed E-state index contributed by atoms with van der Waals surface area (Å²) in [6.45, 7) is 9.24. The third-order valence-electron chi connectivity index (χ3n) is 4.49. The van der Waals surface area contributed by atoms with Crippen LogP contribution in [0.2, 0.25) is 0 Å². The second-order valence-corrected chi connectivity index (χ2v) is 9.56. The van der Waals surface area contributed by atoms with Gasteiger partial charge in [-0.3, -0.25) is 14.6 Å². The lowest BCUT2D eigenvalue weighted by molar-refractivity contribution is -0.130. The number of rotatable bonds is 7. The molecule has 1 fully saturated rings. The number of amides is 1. The van der Waals surface area contributed by atoms with Crippen molar-refractivity contribution in [3.63, 3.8) is 0 Å². The minimum atomic E-state index is -3.35. The molecule has 148 valence electrons. The number of imidazole rings is 1. The molecule has 1 aliphatic heterocycles. The molecule has 0 saturated carbocycles. The van der Waals surface area contributed by atoms with E-state index in [1.807, 2.05) is 4.57 Å². The average molecular weight is 386 g/mol. The summed E-state index contributed by atoms with van der Waals surface area (Å²) >= 11 is 0. The fourth-order valence-electron chi connectivity index (χ4n) is 3.04. The van der Waals surface area contributed by atoms with Crippen LogP contribution in [-0.2, 0) is 27.7 Å².